The molecule has 0 spiro atoms. The number of esters is 2. The van der Waals surface area contributed by atoms with E-state index in [9.17, 15) is 14.4 Å². The van der Waals surface area contributed by atoms with Crippen LogP contribution in [0.5, 0.6) is 0 Å². The van der Waals surface area contributed by atoms with E-state index in [1.807, 2.05) is 0 Å². The molecule has 1 atom stereocenters. The molecule has 3 rings (SSSR count). The minimum Gasteiger partial charge on any atom is -0.465 e. The molecule has 142 valence electrons. The molecule has 2 aromatic rings. The van der Waals surface area contributed by atoms with Crippen molar-refractivity contribution in [3.05, 3.63) is 56.1 Å². The van der Waals surface area contributed by atoms with Crippen LogP contribution in [0.4, 0.5) is 0 Å². The van der Waals surface area contributed by atoms with Gasteiger partial charge in [0.15, 0.2) is 5.43 Å². The van der Waals surface area contributed by atoms with E-state index < -0.39 is 23.4 Å². The summed E-state index contributed by atoms with van der Waals surface area (Å²) < 4.78 is 15.0. The van der Waals surface area contributed by atoms with Crippen LogP contribution in [-0.2, 0) is 23.9 Å². The molecule has 0 saturated carbocycles. The van der Waals surface area contributed by atoms with Crippen LogP contribution < -0.4 is 5.43 Å². The standard InChI is InChI=1S/C18H16ClNO7/c1-8-5-12-9(6-11(8)19)15(21)10(7-26-12)14-13(17(22)24-3)16(18(23)25-4)27-20(14)2/h5-7,14H,1-4H3. The molecule has 1 aromatic heterocycles. The first-order chi connectivity index (χ1) is 12.8. The zero-order valence-electron chi connectivity index (χ0n) is 15.0. The number of hydrogen-bond donors (Lipinski definition) is 0. The fourth-order valence-corrected chi connectivity index (χ4v) is 3.08. The zero-order chi connectivity index (χ0) is 19.9. The highest BCUT2D eigenvalue weighted by Gasteiger charge is 2.44. The smallest absolute Gasteiger partial charge is 0.376 e. The topological polar surface area (TPSA) is 95.3 Å². The van der Waals surface area contributed by atoms with E-state index in [1.165, 1.54) is 24.4 Å². The fourth-order valence-electron chi connectivity index (χ4n) is 2.91. The number of ether oxygens (including phenoxy) is 2. The van der Waals surface area contributed by atoms with Gasteiger partial charge < -0.3 is 18.7 Å². The summed E-state index contributed by atoms with van der Waals surface area (Å²) in [6.45, 7) is 1.79. The summed E-state index contributed by atoms with van der Waals surface area (Å²) in [5, 5.41) is 1.83. The van der Waals surface area contributed by atoms with Crippen molar-refractivity contribution < 1.29 is 28.3 Å². The molecule has 0 N–H and O–H groups in total. The third-order valence-corrected chi connectivity index (χ3v) is 4.68. The minimum atomic E-state index is -1.02. The summed E-state index contributed by atoms with van der Waals surface area (Å²) in [6.07, 6.45) is 1.23. The molecule has 0 saturated heterocycles. The average Bonchev–Trinajstić information content (AvgIpc) is 2.99. The molecule has 0 fully saturated rings. The van der Waals surface area contributed by atoms with Gasteiger partial charge in [-0.25, -0.2) is 9.59 Å². The molecule has 1 unspecified atom stereocenters. The number of halogens is 1. The van der Waals surface area contributed by atoms with E-state index in [0.29, 0.717) is 10.6 Å². The van der Waals surface area contributed by atoms with Crippen molar-refractivity contribution in [2.24, 2.45) is 0 Å². The maximum Gasteiger partial charge on any atom is 0.376 e. The molecule has 1 aliphatic heterocycles. The number of rotatable bonds is 3. The SMILES string of the molecule is COC(=O)C1=C(C(=O)OC)C(c2coc3cc(C)c(Cl)cc3c2=O)N(C)O1. The molecular formula is C18H16ClNO7. The van der Waals surface area contributed by atoms with Gasteiger partial charge in [-0.1, -0.05) is 11.6 Å². The monoisotopic (exact) mass is 393 g/mol. The molecule has 0 amide bonds. The number of hydroxylamine groups is 2. The van der Waals surface area contributed by atoms with Crippen molar-refractivity contribution in [2.75, 3.05) is 21.3 Å². The number of carbonyl (C=O) groups is 2. The van der Waals surface area contributed by atoms with Crippen molar-refractivity contribution in [3.8, 4) is 0 Å². The summed E-state index contributed by atoms with van der Waals surface area (Å²) in [5.74, 6) is -2.04. The lowest BCUT2D eigenvalue weighted by Crippen LogP contribution is -2.27. The summed E-state index contributed by atoms with van der Waals surface area (Å²) in [7, 11) is 3.77. The molecule has 27 heavy (non-hydrogen) atoms. The highest BCUT2D eigenvalue weighted by atomic mass is 35.5. The van der Waals surface area contributed by atoms with Crippen LogP contribution >= 0.6 is 11.6 Å². The Labute approximate surface area is 158 Å². The Hall–Kier alpha value is -2.84. The fraction of sp³-hybridized carbons (Fsp3) is 0.278. The third-order valence-electron chi connectivity index (χ3n) is 4.27. The summed E-state index contributed by atoms with van der Waals surface area (Å²) >= 11 is 6.13. The predicted molar refractivity (Wildman–Crippen MR) is 94.9 cm³/mol. The minimum absolute atomic E-state index is 0.0872. The second kappa shape index (κ2) is 7.05. The Kier molecular flexibility index (Phi) is 4.95. The number of fused-ring (bicyclic) bond motifs is 1. The average molecular weight is 394 g/mol. The molecule has 8 nitrogen and oxygen atoms in total. The lowest BCUT2D eigenvalue weighted by atomic mass is 9.98. The number of carbonyl (C=O) groups excluding carboxylic acids is 2. The van der Waals surface area contributed by atoms with Crippen molar-refractivity contribution in [1.29, 1.82) is 0 Å². The van der Waals surface area contributed by atoms with E-state index in [-0.39, 0.29) is 22.3 Å². The van der Waals surface area contributed by atoms with Gasteiger partial charge in [0, 0.05) is 12.1 Å². The van der Waals surface area contributed by atoms with Gasteiger partial charge in [0.25, 0.3) is 0 Å². The Bertz CT molecular complexity index is 1040. The predicted octanol–water partition coefficient (Wildman–Crippen LogP) is 2.27. The molecule has 0 aliphatic carbocycles. The molecule has 1 aromatic carbocycles. The van der Waals surface area contributed by atoms with Crippen molar-refractivity contribution in [2.45, 2.75) is 13.0 Å². The molecule has 9 heteroatoms. The Morgan fingerprint density at radius 2 is 1.85 bits per heavy atom. The Balaban J connectivity index is 2.25. The third kappa shape index (κ3) is 3.07. The Morgan fingerprint density at radius 1 is 1.19 bits per heavy atom. The highest BCUT2D eigenvalue weighted by molar-refractivity contribution is 6.32. The van der Waals surface area contributed by atoms with E-state index >= 15 is 0 Å². The first-order valence-corrected chi connectivity index (χ1v) is 8.21. The number of likely N-dealkylation sites (N-methyl/N-ethyl adjacent to an activating group) is 1. The van der Waals surface area contributed by atoms with Gasteiger partial charge in [-0.05, 0) is 24.6 Å². The van der Waals surface area contributed by atoms with Crippen LogP contribution in [0.2, 0.25) is 5.02 Å². The number of nitrogens with zero attached hydrogens (tertiary/aromatic N) is 1. The van der Waals surface area contributed by atoms with Gasteiger partial charge >= 0.3 is 11.9 Å². The van der Waals surface area contributed by atoms with Gasteiger partial charge in [0.2, 0.25) is 5.76 Å². The molecule has 1 aliphatic rings. The summed E-state index contributed by atoms with van der Waals surface area (Å²) in [5.41, 5.74) is 0.626. The first-order valence-electron chi connectivity index (χ1n) is 7.83. The number of hydrogen-bond acceptors (Lipinski definition) is 8. The van der Waals surface area contributed by atoms with Crippen LogP contribution in [0.15, 0.2) is 38.9 Å². The van der Waals surface area contributed by atoms with Crippen molar-refractivity contribution in [3.63, 3.8) is 0 Å². The zero-order valence-corrected chi connectivity index (χ0v) is 15.7. The second-order valence-electron chi connectivity index (χ2n) is 5.88. The highest BCUT2D eigenvalue weighted by Crippen LogP contribution is 2.37. The van der Waals surface area contributed by atoms with Crippen LogP contribution in [0.1, 0.15) is 17.2 Å². The number of aryl methyl sites for hydroxylation is 1. The van der Waals surface area contributed by atoms with Crippen LogP contribution in [0, 0.1) is 6.92 Å². The van der Waals surface area contributed by atoms with E-state index in [0.717, 1.165) is 19.8 Å². The normalized spacial score (nSPS) is 17.1. The maximum atomic E-state index is 13.0. The van der Waals surface area contributed by atoms with Crippen LogP contribution in [-0.4, -0.2) is 38.3 Å². The summed E-state index contributed by atoms with van der Waals surface area (Å²) in [4.78, 5) is 42.7. The van der Waals surface area contributed by atoms with E-state index in [2.05, 4.69) is 4.74 Å². The number of methoxy groups -OCH3 is 2. The van der Waals surface area contributed by atoms with Crippen LogP contribution in [0.25, 0.3) is 11.0 Å². The van der Waals surface area contributed by atoms with E-state index in [4.69, 9.17) is 25.6 Å². The van der Waals surface area contributed by atoms with Crippen LogP contribution in [0.3, 0.4) is 0 Å². The van der Waals surface area contributed by atoms with E-state index in [1.54, 1.807) is 13.0 Å². The van der Waals surface area contributed by atoms with Crippen molar-refractivity contribution >= 4 is 34.5 Å². The quantitative estimate of drug-likeness (QED) is 0.733. The van der Waals surface area contributed by atoms with Gasteiger partial charge in [-0.2, -0.15) is 0 Å². The Morgan fingerprint density at radius 3 is 2.48 bits per heavy atom. The van der Waals surface area contributed by atoms with Gasteiger partial charge in [0.1, 0.15) is 23.5 Å². The lowest BCUT2D eigenvalue weighted by molar-refractivity contribution is -0.152. The largest absolute Gasteiger partial charge is 0.465 e. The van der Waals surface area contributed by atoms with Gasteiger partial charge in [-0.3, -0.25) is 4.79 Å². The van der Waals surface area contributed by atoms with Gasteiger partial charge in [-0.15, -0.1) is 5.06 Å². The molecular weight excluding hydrogens is 378 g/mol. The molecule has 2 heterocycles. The second-order valence-corrected chi connectivity index (χ2v) is 6.29. The lowest BCUT2D eigenvalue weighted by Gasteiger charge is -2.19. The molecule has 0 radical (unpaired) electrons. The van der Waals surface area contributed by atoms with Gasteiger partial charge in [0.05, 0.1) is 25.2 Å². The first kappa shape index (κ1) is 18.9. The van der Waals surface area contributed by atoms with Crippen molar-refractivity contribution in [1.82, 2.24) is 5.06 Å². The maximum absolute atomic E-state index is 13.0. The summed E-state index contributed by atoms with van der Waals surface area (Å²) in [6, 6.07) is 2.13. The number of benzene rings is 1. The molecule has 0 bridgehead atoms.